The van der Waals surface area contributed by atoms with Crippen molar-refractivity contribution in [2.24, 2.45) is 0 Å². The van der Waals surface area contributed by atoms with E-state index in [1.54, 1.807) is 31.4 Å². The van der Waals surface area contributed by atoms with E-state index < -0.39 is 12.1 Å². The van der Waals surface area contributed by atoms with Crippen molar-refractivity contribution in [2.75, 3.05) is 12.4 Å². The number of benzene rings is 3. The molecule has 1 fully saturated rings. The summed E-state index contributed by atoms with van der Waals surface area (Å²) in [7, 11) is 1.60. The predicted octanol–water partition coefficient (Wildman–Crippen LogP) is 5.93. The maximum absolute atomic E-state index is 13.1. The zero-order chi connectivity index (χ0) is 25.2. The van der Waals surface area contributed by atoms with Crippen LogP contribution in [0.5, 0.6) is 5.75 Å². The van der Waals surface area contributed by atoms with Gasteiger partial charge < -0.3 is 26.0 Å². The van der Waals surface area contributed by atoms with Crippen LogP contribution in [0.3, 0.4) is 0 Å². The molecule has 0 bridgehead atoms. The molecule has 1 aliphatic rings. The molecule has 4 rings (SSSR count). The number of carbonyl (C=O) groups is 2. The highest BCUT2D eigenvalue weighted by Gasteiger charge is 2.29. The number of amides is 4. The number of carbonyl (C=O) groups excluding carboxylic acids is 2. The quantitative estimate of drug-likeness (QED) is 0.318. The van der Waals surface area contributed by atoms with Crippen LogP contribution < -0.4 is 26.0 Å². The molecule has 0 heterocycles. The van der Waals surface area contributed by atoms with Crippen LogP contribution in [0.15, 0.2) is 84.9 Å². The molecule has 0 saturated heterocycles. The number of ether oxygens (including phenoxy) is 1. The fourth-order valence-electron chi connectivity index (χ4n) is 4.64. The molecule has 1 saturated carbocycles. The van der Waals surface area contributed by atoms with Crippen LogP contribution in [0.25, 0.3) is 0 Å². The Morgan fingerprint density at radius 2 is 1.25 bits per heavy atom. The van der Waals surface area contributed by atoms with E-state index in [4.69, 9.17) is 4.74 Å². The Kier molecular flexibility index (Phi) is 8.81. The molecule has 7 heteroatoms. The molecule has 0 spiro atoms. The normalized spacial score (nSPS) is 15.2. The van der Waals surface area contributed by atoms with Gasteiger partial charge in [0, 0.05) is 11.7 Å². The summed E-state index contributed by atoms with van der Waals surface area (Å²) in [5, 5.41) is 12.3. The summed E-state index contributed by atoms with van der Waals surface area (Å²) in [6, 6.07) is 25.1. The molecule has 1 aliphatic carbocycles. The minimum atomic E-state index is -0.510. The minimum absolute atomic E-state index is 0.177. The third-order valence-electron chi connectivity index (χ3n) is 6.51. The van der Waals surface area contributed by atoms with E-state index in [0.717, 1.165) is 36.8 Å². The first-order chi connectivity index (χ1) is 17.6. The van der Waals surface area contributed by atoms with Gasteiger partial charge in [0.05, 0.1) is 19.2 Å². The number of hydrogen-bond donors (Lipinski definition) is 4. The number of methoxy groups -OCH3 is 1. The van der Waals surface area contributed by atoms with Crippen LogP contribution in [0, 0.1) is 0 Å². The summed E-state index contributed by atoms with van der Waals surface area (Å²) in [6.45, 7) is 0. The van der Waals surface area contributed by atoms with Gasteiger partial charge in [-0.3, -0.25) is 0 Å². The molecule has 3 aromatic rings. The molecule has 188 valence electrons. The average molecular weight is 487 g/mol. The summed E-state index contributed by atoms with van der Waals surface area (Å²) in [5.74, 6) is 0.709. The number of anilines is 1. The molecule has 0 radical (unpaired) electrons. The third-order valence-corrected chi connectivity index (χ3v) is 6.51. The zero-order valence-corrected chi connectivity index (χ0v) is 20.6. The first kappa shape index (κ1) is 25.1. The van der Waals surface area contributed by atoms with Gasteiger partial charge in [0.1, 0.15) is 5.75 Å². The van der Waals surface area contributed by atoms with Crippen LogP contribution in [-0.2, 0) is 0 Å². The Balaban J connectivity index is 1.56. The summed E-state index contributed by atoms with van der Waals surface area (Å²) in [6.07, 6.45) is 5.47. The number of nitrogens with one attached hydrogen (secondary N) is 4. The van der Waals surface area contributed by atoms with Crippen LogP contribution in [0.1, 0.15) is 55.3 Å². The van der Waals surface area contributed by atoms with Crippen molar-refractivity contribution in [1.82, 2.24) is 16.0 Å². The van der Waals surface area contributed by atoms with Gasteiger partial charge in [-0.2, -0.15) is 0 Å². The highest BCUT2D eigenvalue weighted by molar-refractivity contribution is 5.89. The van der Waals surface area contributed by atoms with Crippen molar-refractivity contribution in [3.05, 3.63) is 96.1 Å². The van der Waals surface area contributed by atoms with E-state index in [1.807, 2.05) is 60.7 Å². The van der Waals surface area contributed by atoms with Gasteiger partial charge in [-0.25, -0.2) is 9.59 Å². The lowest BCUT2D eigenvalue weighted by Gasteiger charge is -2.31. The molecule has 4 N–H and O–H groups in total. The average Bonchev–Trinajstić information content (AvgIpc) is 2.92. The van der Waals surface area contributed by atoms with E-state index in [9.17, 15) is 9.59 Å². The van der Waals surface area contributed by atoms with Crippen LogP contribution >= 0.6 is 0 Å². The molecule has 2 atom stereocenters. The Labute approximate surface area is 212 Å². The van der Waals surface area contributed by atoms with Crippen molar-refractivity contribution in [2.45, 2.75) is 50.2 Å². The van der Waals surface area contributed by atoms with Gasteiger partial charge in [0.2, 0.25) is 0 Å². The molecule has 4 amide bonds. The molecular formula is C29H34N4O3. The summed E-state index contributed by atoms with van der Waals surface area (Å²) in [5.41, 5.74) is 2.42. The highest BCUT2D eigenvalue weighted by atomic mass is 16.5. The maximum Gasteiger partial charge on any atom is 0.319 e. The standard InChI is InChI=1S/C29H34N4O3/c1-36-25-19-17-24(18-20-25)31-29(35)33-27(22-13-7-3-8-14-22)26(21-11-5-2-6-12-21)32-28(34)30-23-15-9-4-10-16-23/h2-3,5-8,11-14,17-20,23,26-27H,4,9-10,15-16H2,1H3,(H2,30,32,34)(H2,31,33,35)/t26-,27+/m0/s1. The van der Waals surface area contributed by atoms with Gasteiger partial charge in [-0.15, -0.1) is 0 Å². The molecule has 0 unspecified atom stereocenters. The van der Waals surface area contributed by atoms with E-state index in [2.05, 4.69) is 21.3 Å². The van der Waals surface area contributed by atoms with Crippen molar-refractivity contribution >= 4 is 17.7 Å². The Morgan fingerprint density at radius 3 is 1.78 bits per heavy atom. The maximum atomic E-state index is 13.1. The van der Waals surface area contributed by atoms with Crippen molar-refractivity contribution in [3.63, 3.8) is 0 Å². The van der Waals surface area contributed by atoms with Gasteiger partial charge >= 0.3 is 12.1 Å². The fraction of sp³-hybridized carbons (Fsp3) is 0.310. The van der Waals surface area contributed by atoms with E-state index in [1.165, 1.54) is 6.42 Å². The third kappa shape index (κ3) is 7.01. The zero-order valence-electron chi connectivity index (χ0n) is 20.6. The first-order valence-electron chi connectivity index (χ1n) is 12.5. The summed E-state index contributed by atoms with van der Waals surface area (Å²) >= 11 is 0. The number of urea groups is 2. The lowest BCUT2D eigenvalue weighted by molar-refractivity contribution is 0.222. The Morgan fingerprint density at radius 1 is 0.722 bits per heavy atom. The largest absolute Gasteiger partial charge is 0.497 e. The SMILES string of the molecule is COc1ccc(NC(=O)N[C@H](c2ccccc2)[C@@H](NC(=O)NC2CCCCC2)c2ccccc2)cc1. The Hall–Kier alpha value is -4.00. The second-order valence-corrected chi connectivity index (χ2v) is 9.06. The molecule has 0 aromatic heterocycles. The fourth-order valence-corrected chi connectivity index (χ4v) is 4.64. The highest BCUT2D eigenvalue weighted by Crippen LogP contribution is 2.29. The summed E-state index contributed by atoms with van der Waals surface area (Å²) in [4.78, 5) is 26.2. The molecular weight excluding hydrogens is 452 g/mol. The van der Waals surface area contributed by atoms with E-state index in [-0.39, 0.29) is 18.1 Å². The summed E-state index contributed by atoms with van der Waals surface area (Å²) < 4.78 is 5.19. The van der Waals surface area contributed by atoms with Crippen molar-refractivity contribution in [1.29, 1.82) is 0 Å². The molecule has 7 nitrogen and oxygen atoms in total. The second kappa shape index (κ2) is 12.6. The van der Waals surface area contributed by atoms with Crippen LogP contribution in [0.2, 0.25) is 0 Å². The lowest BCUT2D eigenvalue weighted by Crippen LogP contribution is -2.48. The predicted molar refractivity (Wildman–Crippen MR) is 142 cm³/mol. The van der Waals surface area contributed by atoms with Gasteiger partial charge in [-0.1, -0.05) is 79.9 Å². The minimum Gasteiger partial charge on any atom is -0.497 e. The number of rotatable bonds is 8. The van der Waals surface area contributed by atoms with Crippen molar-refractivity contribution < 1.29 is 14.3 Å². The Bertz CT molecular complexity index is 1100. The molecule has 0 aliphatic heterocycles. The smallest absolute Gasteiger partial charge is 0.319 e. The lowest BCUT2D eigenvalue weighted by atomic mass is 9.93. The molecule has 3 aromatic carbocycles. The van der Waals surface area contributed by atoms with Gasteiger partial charge in [0.25, 0.3) is 0 Å². The molecule has 36 heavy (non-hydrogen) atoms. The van der Waals surface area contributed by atoms with Crippen LogP contribution in [-0.4, -0.2) is 25.2 Å². The van der Waals surface area contributed by atoms with Gasteiger partial charge in [0.15, 0.2) is 0 Å². The van der Waals surface area contributed by atoms with Crippen molar-refractivity contribution in [3.8, 4) is 5.75 Å². The number of hydrogen-bond acceptors (Lipinski definition) is 3. The first-order valence-corrected chi connectivity index (χ1v) is 12.5. The van der Waals surface area contributed by atoms with Gasteiger partial charge in [-0.05, 0) is 48.2 Å². The van der Waals surface area contributed by atoms with Crippen LogP contribution in [0.4, 0.5) is 15.3 Å². The second-order valence-electron chi connectivity index (χ2n) is 9.06. The topological polar surface area (TPSA) is 91.5 Å². The van der Waals surface area contributed by atoms with E-state index >= 15 is 0 Å². The monoisotopic (exact) mass is 486 g/mol. The van der Waals surface area contributed by atoms with E-state index in [0.29, 0.717) is 11.4 Å².